The van der Waals surface area contributed by atoms with E-state index < -0.39 is 17.3 Å². The number of aliphatic hydroxyl groups excluding tert-OH is 1. The van der Waals surface area contributed by atoms with Gasteiger partial charge in [0.1, 0.15) is 5.78 Å². The zero-order valence-electron chi connectivity index (χ0n) is 22.9. The van der Waals surface area contributed by atoms with Crippen LogP contribution in [0.5, 0.6) is 0 Å². The lowest BCUT2D eigenvalue weighted by molar-refractivity contribution is -0.170. The molecule has 0 amide bonds. The molecule has 192 valence electrons. The number of carbonyl (C=O) groups is 1. The summed E-state index contributed by atoms with van der Waals surface area (Å²) in [5.74, 6) is 0.912. The predicted octanol–water partition coefficient (Wildman–Crippen LogP) is 5.98. The van der Waals surface area contributed by atoms with Gasteiger partial charge < -0.3 is 14.9 Å². The highest BCUT2D eigenvalue weighted by Crippen LogP contribution is 2.73. The maximum absolute atomic E-state index is 12.9. The van der Waals surface area contributed by atoms with Gasteiger partial charge in [0.25, 0.3) is 0 Å². The van der Waals surface area contributed by atoms with Crippen LogP contribution in [0, 0.1) is 33.5 Å². The van der Waals surface area contributed by atoms with Gasteiger partial charge in [-0.15, -0.1) is 0 Å². The van der Waals surface area contributed by atoms with E-state index in [1.165, 1.54) is 0 Å². The maximum atomic E-state index is 12.9. The third-order valence-corrected chi connectivity index (χ3v) is 12.2. The zero-order valence-corrected chi connectivity index (χ0v) is 22.9. The molecule has 2 N–H and O–H groups in total. The number of Topliss-reactive ketones (excluding diaryl/α,β-unsaturated/α-hetero) is 1. The van der Waals surface area contributed by atoms with Crippen LogP contribution in [0.15, 0.2) is 11.1 Å². The number of allylic oxidation sites excluding steroid dienone is 2. The van der Waals surface area contributed by atoms with Crippen molar-refractivity contribution in [1.82, 2.24) is 0 Å². The third kappa shape index (κ3) is 3.03. The molecule has 0 radical (unpaired) electrons. The summed E-state index contributed by atoms with van der Waals surface area (Å²) in [6, 6.07) is 0. The quantitative estimate of drug-likeness (QED) is 0.485. The largest absolute Gasteiger partial charge is 0.393 e. The number of ether oxygens (including phenoxy) is 1. The van der Waals surface area contributed by atoms with Crippen LogP contribution in [0.1, 0.15) is 113 Å². The highest BCUT2D eigenvalue weighted by Gasteiger charge is 2.69. The van der Waals surface area contributed by atoms with Gasteiger partial charge >= 0.3 is 0 Å². The first-order valence-electron chi connectivity index (χ1n) is 13.9. The SMILES string of the molecule is CC(C)(O)C1CC[C@@](C)([C@H]2[C@@H](O)C[C@@]3(C)C4=C(CC[C@]23C)[C@@]2(C)CCC(=O)C(C)(C)C2CC4)O1. The lowest BCUT2D eigenvalue weighted by Crippen LogP contribution is -2.55. The van der Waals surface area contributed by atoms with Gasteiger partial charge in [-0.25, -0.2) is 0 Å². The summed E-state index contributed by atoms with van der Waals surface area (Å²) in [4.78, 5) is 12.9. The van der Waals surface area contributed by atoms with Crippen molar-refractivity contribution in [1.29, 1.82) is 0 Å². The van der Waals surface area contributed by atoms with Gasteiger partial charge in [-0.2, -0.15) is 0 Å². The van der Waals surface area contributed by atoms with Crippen molar-refractivity contribution in [2.45, 2.75) is 137 Å². The molecule has 3 fully saturated rings. The Kier molecular flexibility index (Phi) is 5.28. The van der Waals surface area contributed by atoms with E-state index >= 15 is 0 Å². The number of rotatable bonds is 2. The fourth-order valence-electron chi connectivity index (χ4n) is 10.2. The van der Waals surface area contributed by atoms with Gasteiger partial charge in [0.15, 0.2) is 0 Å². The van der Waals surface area contributed by atoms with E-state index in [1.54, 1.807) is 11.1 Å². The van der Waals surface area contributed by atoms with Crippen LogP contribution < -0.4 is 0 Å². The van der Waals surface area contributed by atoms with E-state index in [0.717, 1.165) is 51.4 Å². The Morgan fingerprint density at radius 3 is 2.21 bits per heavy atom. The average molecular weight is 473 g/mol. The molecule has 4 nitrogen and oxygen atoms in total. The first kappa shape index (κ1) is 25.0. The number of hydrogen-bond donors (Lipinski definition) is 2. The second kappa shape index (κ2) is 7.19. The van der Waals surface area contributed by atoms with Gasteiger partial charge in [-0.3, -0.25) is 4.79 Å². The summed E-state index contributed by atoms with van der Waals surface area (Å²) in [7, 11) is 0. The number of aliphatic hydroxyl groups is 2. The number of ketones is 1. The lowest BCUT2D eigenvalue weighted by Gasteiger charge is -2.61. The van der Waals surface area contributed by atoms with E-state index in [4.69, 9.17) is 4.74 Å². The topological polar surface area (TPSA) is 66.8 Å². The van der Waals surface area contributed by atoms with Gasteiger partial charge in [0.2, 0.25) is 0 Å². The van der Waals surface area contributed by atoms with Crippen LogP contribution in [0.2, 0.25) is 0 Å². The zero-order chi connectivity index (χ0) is 25.1. The van der Waals surface area contributed by atoms with Crippen LogP contribution >= 0.6 is 0 Å². The molecule has 8 atom stereocenters. The molecule has 0 aromatic carbocycles. The van der Waals surface area contributed by atoms with E-state index in [0.29, 0.717) is 18.1 Å². The first-order chi connectivity index (χ1) is 15.5. The normalized spacial score (nSPS) is 50.7. The van der Waals surface area contributed by atoms with Crippen LogP contribution in [0.3, 0.4) is 0 Å². The summed E-state index contributed by atoms with van der Waals surface area (Å²) < 4.78 is 6.64. The monoisotopic (exact) mass is 472 g/mol. The van der Waals surface area contributed by atoms with Crippen LogP contribution in [0.4, 0.5) is 0 Å². The molecule has 4 heteroatoms. The molecule has 0 bridgehead atoms. The fourth-order valence-corrected chi connectivity index (χ4v) is 10.2. The molecule has 2 unspecified atom stereocenters. The third-order valence-electron chi connectivity index (χ3n) is 12.2. The maximum Gasteiger partial charge on any atom is 0.138 e. The molecule has 0 aromatic rings. The Morgan fingerprint density at radius 1 is 0.912 bits per heavy atom. The standard InChI is InChI=1S/C30H48O4/c1-25(2)21-10-9-19-18(27(21,5)14-12-22(25)32)11-15-28(6)24(20(31)17-29(19,28)7)30(8)16-13-23(34-30)26(3,4)33/h20-21,23-24,31,33H,9-17H2,1-8H3/t20-,21?,23?,24-,27+,28+,29-,30-/m0/s1. The minimum Gasteiger partial charge on any atom is -0.393 e. The molecule has 0 spiro atoms. The smallest absolute Gasteiger partial charge is 0.138 e. The molecule has 1 saturated heterocycles. The van der Waals surface area contributed by atoms with Crippen LogP contribution in [0.25, 0.3) is 0 Å². The van der Waals surface area contributed by atoms with E-state index in [2.05, 4.69) is 41.5 Å². The van der Waals surface area contributed by atoms with Crippen molar-refractivity contribution in [3.63, 3.8) is 0 Å². The Morgan fingerprint density at radius 2 is 1.59 bits per heavy atom. The summed E-state index contributed by atoms with van der Waals surface area (Å²) in [5.41, 5.74) is 1.69. The molecule has 2 saturated carbocycles. The van der Waals surface area contributed by atoms with Crippen molar-refractivity contribution in [3.8, 4) is 0 Å². The number of hydrogen-bond acceptors (Lipinski definition) is 4. The van der Waals surface area contributed by atoms with Gasteiger partial charge in [-0.1, -0.05) is 45.8 Å². The van der Waals surface area contributed by atoms with Crippen molar-refractivity contribution in [2.75, 3.05) is 0 Å². The van der Waals surface area contributed by atoms with Crippen molar-refractivity contribution in [3.05, 3.63) is 11.1 Å². The second-order valence-corrected chi connectivity index (χ2v) is 14.7. The molecule has 5 rings (SSSR count). The van der Waals surface area contributed by atoms with E-state index in [9.17, 15) is 15.0 Å². The summed E-state index contributed by atoms with van der Waals surface area (Å²) in [5, 5.41) is 22.3. The van der Waals surface area contributed by atoms with E-state index in [1.807, 2.05) is 13.8 Å². The first-order valence-corrected chi connectivity index (χ1v) is 13.9. The van der Waals surface area contributed by atoms with Crippen LogP contribution in [-0.2, 0) is 9.53 Å². The molecule has 0 aromatic heterocycles. The Balaban J connectivity index is 1.54. The van der Waals surface area contributed by atoms with Crippen molar-refractivity contribution >= 4 is 5.78 Å². The number of carbonyl (C=O) groups excluding carboxylic acids is 1. The van der Waals surface area contributed by atoms with Gasteiger partial charge in [-0.05, 0) is 94.3 Å². The minimum atomic E-state index is -0.869. The highest BCUT2D eigenvalue weighted by molar-refractivity contribution is 5.85. The molecule has 4 aliphatic carbocycles. The molecule has 34 heavy (non-hydrogen) atoms. The minimum absolute atomic E-state index is 0.0440. The van der Waals surface area contributed by atoms with E-state index in [-0.39, 0.29) is 33.7 Å². The fraction of sp³-hybridized carbons (Fsp3) is 0.900. The summed E-state index contributed by atoms with van der Waals surface area (Å²) in [6.45, 7) is 17.5. The molecule has 1 heterocycles. The summed E-state index contributed by atoms with van der Waals surface area (Å²) in [6.07, 6.45) is 7.88. The molecular formula is C30H48O4. The van der Waals surface area contributed by atoms with Crippen molar-refractivity contribution in [2.24, 2.45) is 33.5 Å². The Bertz CT molecular complexity index is 927. The highest BCUT2D eigenvalue weighted by atomic mass is 16.5. The van der Waals surface area contributed by atoms with Gasteiger partial charge in [0, 0.05) is 17.8 Å². The second-order valence-electron chi connectivity index (χ2n) is 14.7. The van der Waals surface area contributed by atoms with Crippen molar-refractivity contribution < 1.29 is 19.7 Å². The average Bonchev–Trinajstić information content (AvgIpc) is 3.20. The predicted molar refractivity (Wildman–Crippen MR) is 134 cm³/mol. The Hall–Kier alpha value is -0.710. The summed E-state index contributed by atoms with van der Waals surface area (Å²) >= 11 is 0. The lowest BCUT2D eigenvalue weighted by atomic mass is 9.43. The van der Waals surface area contributed by atoms with Gasteiger partial charge in [0.05, 0.1) is 23.4 Å². The molecule has 5 aliphatic rings. The number of fused-ring (bicyclic) bond motifs is 4. The Labute approximate surface area is 206 Å². The molecule has 1 aliphatic heterocycles. The van der Waals surface area contributed by atoms with Crippen LogP contribution in [-0.4, -0.2) is 39.4 Å². The molecular weight excluding hydrogens is 424 g/mol.